The number of piperidine rings is 2. The average Bonchev–Trinajstić information content (AvgIpc) is 3.92. The molecule has 3 aromatic rings. The molecule has 1 N–H and O–H groups in total. The minimum absolute atomic E-state index is 0.00969. The Bertz CT molecular complexity index is 2280. The van der Waals surface area contributed by atoms with Gasteiger partial charge in [0, 0.05) is 99.4 Å². The molecule has 5 fully saturated rings. The number of hydrogen-bond donors (Lipinski definition) is 1. The lowest BCUT2D eigenvalue weighted by molar-refractivity contribution is -0.136. The van der Waals surface area contributed by atoms with E-state index in [-0.39, 0.29) is 47.0 Å². The first-order chi connectivity index (χ1) is 28.4. The fourth-order valence-corrected chi connectivity index (χ4v) is 10.5. The van der Waals surface area contributed by atoms with Crippen molar-refractivity contribution in [3.63, 3.8) is 0 Å². The van der Waals surface area contributed by atoms with Crippen LogP contribution in [-0.4, -0.2) is 121 Å². The highest BCUT2D eigenvalue weighted by Gasteiger charge is 2.46. The summed E-state index contributed by atoms with van der Waals surface area (Å²) in [5.74, 6) is -3.15. The Balaban J connectivity index is 0.763. The lowest BCUT2D eigenvalue weighted by atomic mass is 9.76. The Kier molecular flexibility index (Phi) is 10.1. The second-order valence-electron chi connectivity index (χ2n) is 17.0. The van der Waals surface area contributed by atoms with Crippen LogP contribution in [0.3, 0.4) is 0 Å². The van der Waals surface area contributed by atoms with Crippen molar-refractivity contribution in [2.75, 3.05) is 73.6 Å². The van der Waals surface area contributed by atoms with Crippen molar-refractivity contribution in [1.82, 2.24) is 20.0 Å². The van der Waals surface area contributed by atoms with Gasteiger partial charge >= 0.3 is 0 Å². The Morgan fingerprint density at radius 2 is 1.56 bits per heavy atom. The summed E-state index contributed by atoms with van der Waals surface area (Å²) in [5.41, 5.74) is 3.81. The van der Waals surface area contributed by atoms with E-state index in [1.54, 1.807) is 0 Å². The van der Waals surface area contributed by atoms with Crippen molar-refractivity contribution < 1.29 is 28.4 Å². The second-order valence-corrected chi connectivity index (χ2v) is 17.4. The van der Waals surface area contributed by atoms with Crippen LogP contribution in [0, 0.1) is 17.8 Å². The highest BCUT2D eigenvalue weighted by atomic mass is 35.5. The Labute approximate surface area is 347 Å². The second kappa shape index (κ2) is 15.3. The number of anilines is 3. The third-order valence-corrected chi connectivity index (χ3v) is 13.9. The molecule has 6 heterocycles. The summed E-state index contributed by atoms with van der Waals surface area (Å²) in [7, 11) is 0. The maximum atomic E-state index is 15.5. The van der Waals surface area contributed by atoms with Crippen molar-refractivity contribution in [2.24, 2.45) is 5.41 Å². The highest BCUT2D eigenvalue weighted by molar-refractivity contribution is 6.33. The van der Waals surface area contributed by atoms with E-state index in [4.69, 9.17) is 18.2 Å². The van der Waals surface area contributed by atoms with Gasteiger partial charge in [0.25, 0.3) is 17.7 Å². The van der Waals surface area contributed by atoms with Gasteiger partial charge in [0.05, 0.1) is 23.4 Å². The fraction of sp³-hybridized carbons (Fsp3) is 0.455. The van der Waals surface area contributed by atoms with E-state index < -0.39 is 35.5 Å². The first kappa shape index (κ1) is 39.0. The highest BCUT2D eigenvalue weighted by Crippen LogP contribution is 2.46. The lowest BCUT2D eigenvalue weighted by Crippen LogP contribution is -2.54. The average molecular weight is 821 g/mol. The number of amides is 5. The summed E-state index contributed by atoms with van der Waals surface area (Å²) in [6.45, 7) is 16.1. The van der Waals surface area contributed by atoms with Crippen LogP contribution in [-0.2, 0) is 9.59 Å². The molecular weight excluding hydrogens is 775 g/mol. The molecule has 0 radical (unpaired) electrons. The van der Waals surface area contributed by atoms with Gasteiger partial charge in [-0.2, -0.15) is 0 Å². The van der Waals surface area contributed by atoms with Gasteiger partial charge in [-0.1, -0.05) is 17.7 Å². The number of carbonyl (C=O) groups is 5. The summed E-state index contributed by atoms with van der Waals surface area (Å²) in [5, 5.41) is 2.68. The standard InChI is InChI=1S/C44H46ClFN8O5/c1-27-24-44(26-53(27)30-7-8-36(47-2)34(45)21-30)12-15-49(16-13-44)29-5-3-28(4-6-29)41(57)51-19-17-50(18-20-51)31-11-14-52(25-31)38-23-33-32(22-35(38)46)42(58)54(43(33)59)37-9-10-39(55)48-40(37)56/h3-8,21-23,27,31,37H,9-20,24-26H2,1H3,(H,48,55,56)/t27-,31?,37?/m0/s1. The van der Waals surface area contributed by atoms with E-state index >= 15 is 4.39 Å². The number of fused-ring (bicyclic) bond motifs is 1. The SMILES string of the molecule is [C-]#[N+]c1ccc(N2CC3(CCN(c4ccc(C(=O)N5CCN(C6CCN(c7cc8c(cc7F)C(=O)N(C7CCC(=O)NC7=O)C8=O)C6)CC5)cc4)CC3)C[C@@H]2C)cc1Cl. The van der Waals surface area contributed by atoms with Gasteiger partial charge in [0.2, 0.25) is 17.5 Å². The maximum absolute atomic E-state index is 15.5. The third kappa shape index (κ3) is 7.08. The molecule has 13 nitrogen and oxygen atoms in total. The van der Waals surface area contributed by atoms with Crippen molar-refractivity contribution in [3.05, 3.63) is 93.5 Å². The molecule has 0 aromatic heterocycles. The summed E-state index contributed by atoms with van der Waals surface area (Å²) < 4.78 is 15.5. The zero-order valence-electron chi connectivity index (χ0n) is 33.0. The Morgan fingerprint density at radius 1 is 0.864 bits per heavy atom. The van der Waals surface area contributed by atoms with Gasteiger partial charge < -0.3 is 19.6 Å². The maximum Gasteiger partial charge on any atom is 0.262 e. The van der Waals surface area contributed by atoms with E-state index in [0.29, 0.717) is 61.6 Å². The number of halogens is 2. The molecule has 5 amide bonds. The van der Waals surface area contributed by atoms with Crippen molar-refractivity contribution in [3.8, 4) is 0 Å². The zero-order chi connectivity index (χ0) is 41.2. The van der Waals surface area contributed by atoms with E-state index in [1.807, 2.05) is 40.1 Å². The van der Waals surface area contributed by atoms with Crippen LogP contribution >= 0.6 is 11.6 Å². The minimum atomic E-state index is -1.11. The summed E-state index contributed by atoms with van der Waals surface area (Å²) >= 11 is 6.38. The largest absolute Gasteiger partial charge is 0.371 e. The van der Waals surface area contributed by atoms with Crippen LogP contribution in [0.4, 0.5) is 27.1 Å². The third-order valence-electron chi connectivity index (χ3n) is 13.6. The molecule has 0 bridgehead atoms. The first-order valence-corrected chi connectivity index (χ1v) is 20.9. The number of benzene rings is 3. The molecule has 15 heteroatoms. The van der Waals surface area contributed by atoms with Crippen LogP contribution in [0.5, 0.6) is 0 Å². The number of nitrogens with zero attached hydrogens (tertiary/aromatic N) is 7. The predicted octanol–water partition coefficient (Wildman–Crippen LogP) is 5.35. The van der Waals surface area contributed by atoms with Crippen LogP contribution in [0.1, 0.15) is 76.5 Å². The Morgan fingerprint density at radius 3 is 2.24 bits per heavy atom. The van der Waals surface area contributed by atoms with Crippen molar-refractivity contribution in [1.29, 1.82) is 0 Å². The van der Waals surface area contributed by atoms with E-state index in [1.165, 1.54) is 6.07 Å². The van der Waals surface area contributed by atoms with Crippen LogP contribution in [0.25, 0.3) is 4.85 Å². The number of imide groups is 2. The van der Waals surface area contributed by atoms with E-state index in [0.717, 1.165) is 67.7 Å². The van der Waals surface area contributed by atoms with Gasteiger partial charge in [-0.05, 0) is 93.0 Å². The van der Waals surface area contributed by atoms with E-state index in [2.05, 4.69) is 43.9 Å². The molecule has 9 rings (SSSR count). The van der Waals surface area contributed by atoms with Crippen LogP contribution in [0.15, 0.2) is 54.6 Å². The number of nitrogens with one attached hydrogen (secondary N) is 1. The Hall–Kier alpha value is -5.52. The van der Waals surface area contributed by atoms with Crippen molar-refractivity contribution >= 4 is 63.9 Å². The number of hydrogen-bond acceptors (Lipinski definition) is 9. The van der Waals surface area contributed by atoms with Crippen molar-refractivity contribution in [2.45, 2.75) is 63.6 Å². The normalized spacial score (nSPS) is 24.6. The molecule has 1 spiro atoms. The zero-order valence-corrected chi connectivity index (χ0v) is 33.7. The van der Waals surface area contributed by atoms with Gasteiger partial charge in [-0.3, -0.25) is 39.1 Å². The fourth-order valence-electron chi connectivity index (χ4n) is 10.3. The van der Waals surface area contributed by atoms with Gasteiger partial charge in [0.15, 0.2) is 0 Å². The summed E-state index contributed by atoms with van der Waals surface area (Å²) in [6.07, 6.45) is 4.11. The summed E-state index contributed by atoms with van der Waals surface area (Å²) in [6, 6.07) is 15.7. The number of piperazine rings is 1. The molecule has 2 unspecified atom stereocenters. The van der Waals surface area contributed by atoms with Crippen LogP contribution in [0.2, 0.25) is 5.02 Å². The topological polar surface area (TPSA) is 121 Å². The molecule has 6 aliphatic rings. The molecule has 0 aliphatic carbocycles. The predicted molar refractivity (Wildman–Crippen MR) is 221 cm³/mol. The van der Waals surface area contributed by atoms with Gasteiger partial charge in [-0.25, -0.2) is 9.24 Å². The van der Waals surface area contributed by atoms with Crippen LogP contribution < -0.4 is 20.0 Å². The summed E-state index contributed by atoms with van der Waals surface area (Å²) in [4.78, 5) is 79.6. The minimum Gasteiger partial charge on any atom is -0.371 e. The van der Waals surface area contributed by atoms with E-state index in [9.17, 15) is 24.0 Å². The molecule has 0 saturated carbocycles. The molecular formula is C44H46ClFN8O5. The molecule has 5 saturated heterocycles. The molecule has 3 aromatic carbocycles. The molecule has 306 valence electrons. The molecule has 3 atom stereocenters. The monoisotopic (exact) mass is 820 g/mol. The number of rotatable bonds is 6. The van der Waals surface area contributed by atoms with Gasteiger partial charge in [0.1, 0.15) is 11.9 Å². The van der Waals surface area contributed by atoms with Gasteiger partial charge in [-0.15, -0.1) is 0 Å². The number of carbonyl (C=O) groups excluding carboxylic acids is 5. The lowest BCUT2D eigenvalue weighted by Gasteiger charge is -2.40. The smallest absolute Gasteiger partial charge is 0.262 e. The first-order valence-electron chi connectivity index (χ1n) is 20.5. The molecule has 6 aliphatic heterocycles. The quantitative estimate of drug-likeness (QED) is 0.259. The molecule has 59 heavy (non-hydrogen) atoms.